The lowest BCUT2D eigenvalue weighted by Crippen LogP contribution is -2.37. The van der Waals surface area contributed by atoms with E-state index in [0.717, 1.165) is 5.56 Å². The van der Waals surface area contributed by atoms with Gasteiger partial charge in [-0.3, -0.25) is 0 Å². The standard InChI is InChI=1S/C17H27NO/c1-12-10-11-15(13(2)18(3)4)16(12)17(19)14-8-6-5-7-9-14/h5-9,12-13,15-17,19H,10-11H2,1-4H3/t12?,13-,15?,16?,17?/m1/s1. The van der Waals surface area contributed by atoms with Crippen LogP contribution in [0, 0.1) is 17.8 Å². The van der Waals surface area contributed by atoms with Gasteiger partial charge in [0, 0.05) is 6.04 Å². The molecule has 0 saturated heterocycles. The number of rotatable bonds is 4. The van der Waals surface area contributed by atoms with Crippen molar-refractivity contribution >= 4 is 0 Å². The highest BCUT2D eigenvalue weighted by Gasteiger charge is 2.41. The van der Waals surface area contributed by atoms with E-state index >= 15 is 0 Å². The van der Waals surface area contributed by atoms with Gasteiger partial charge in [0.25, 0.3) is 0 Å². The van der Waals surface area contributed by atoms with Crippen molar-refractivity contribution in [3.05, 3.63) is 35.9 Å². The molecule has 106 valence electrons. The number of aliphatic hydroxyl groups is 1. The van der Waals surface area contributed by atoms with Crippen molar-refractivity contribution in [1.82, 2.24) is 4.90 Å². The van der Waals surface area contributed by atoms with E-state index < -0.39 is 0 Å². The summed E-state index contributed by atoms with van der Waals surface area (Å²) in [6.07, 6.45) is 2.14. The molecule has 2 rings (SSSR count). The van der Waals surface area contributed by atoms with E-state index in [2.05, 4.69) is 32.8 Å². The van der Waals surface area contributed by atoms with Crippen molar-refractivity contribution in [2.45, 2.75) is 38.8 Å². The summed E-state index contributed by atoms with van der Waals surface area (Å²) in [6, 6.07) is 10.7. The number of aliphatic hydroxyl groups excluding tert-OH is 1. The first kappa shape index (κ1) is 14.5. The van der Waals surface area contributed by atoms with E-state index in [1.165, 1.54) is 12.8 Å². The molecule has 0 radical (unpaired) electrons. The molecule has 1 N–H and O–H groups in total. The molecule has 5 atom stereocenters. The zero-order valence-corrected chi connectivity index (χ0v) is 12.6. The Morgan fingerprint density at radius 1 is 1.16 bits per heavy atom. The molecule has 1 aromatic rings. The largest absolute Gasteiger partial charge is 0.388 e. The Kier molecular flexibility index (Phi) is 4.64. The zero-order chi connectivity index (χ0) is 14.0. The minimum absolute atomic E-state index is 0.328. The Bertz CT molecular complexity index is 390. The maximum atomic E-state index is 10.8. The molecule has 0 heterocycles. The highest BCUT2D eigenvalue weighted by atomic mass is 16.3. The Morgan fingerprint density at radius 3 is 2.37 bits per heavy atom. The summed E-state index contributed by atoms with van der Waals surface area (Å²) in [7, 11) is 4.28. The molecule has 0 amide bonds. The predicted octanol–water partition coefficient (Wildman–Crippen LogP) is 3.33. The number of hydrogen-bond acceptors (Lipinski definition) is 2. The monoisotopic (exact) mass is 261 g/mol. The van der Waals surface area contributed by atoms with Crippen molar-refractivity contribution in [3.63, 3.8) is 0 Å². The molecule has 2 heteroatoms. The summed E-state index contributed by atoms with van der Waals surface area (Å²) >= 11 is 0. The van der Waals surface area contributed by atoms with E-state index in [9.17, 15) is 5.11 Å². The molecule has 0 bridgehead atoms. The van der Waals surface area contributed by atoms with Gasteiger partial charge in [0.05, 0.1) is 6.10 Å². The average Bonchev–Trinajstić information content (AvgIpc) is 2.79. The first-order valence-electron chi connectivity index (χ1n) is 7.41. The predicted molar refractivity (Wildman–Crippen MR) is 79.9 cm³/mol. The highest BCUT2D eigenvalue weighted by molar-refractivity contribution is 5.19. The van der Waals surface area contributed by atoms with Crippen LogP contribution < -0.4 is 0 Å². The second-order valence-corrected chi connectivity index (χ2v) is 6.36. The maximum absolute atomic E-state index is 10.8. The fourth-order valence-corrected chi connectivity index (χ4v) is 3.63. The smallest absolute Gasteiger partial charge is 0.0823 e. The van der Waals surface area contributed by atoms with Gasteiger partial charge in [-0.25, -0.2) is 0 Å². The Hall–Kier alpha value is -0.860. The van der Waals surface area contributed by atoms with Crippen LogP contribution in [0.1, 0.15) is 38.4 Å². The summed E-state index contributed by atoms with van der Waals surface area (Å²) in [5.74, 6) is 1.56. The normalized spacial score (nSPS) is 30.5. The Labute approximate surface area is 117 Å². The summed E-state index contributed by atoms with van der Waals surface area (Å²) in [6.45, 7) is 4.58. The van der Waals surface area contributed by atoms with Crippen LogP contribution in [0.3, 0.4) is 0 Å². The molecule has 1 fully saturated rings. The molecular weight excluding hydrogens is 234 g/mol. The molecule has 19 heavy (non-hydrogen) atoms. The van der Waals surface area contributed by atoms with Crippen LogP contribution in [0.15, 0.2) is 30.3 Å². The summed E-state index contributed by atoms with van der Waals surface area (Å²) < 4.78 is 0. The van der Waals surface area contributed by atoms with Gasteiger partial charge >= 0.3 is 0 Å². The van der Waals surface area contributed by atoms with Crippen LogP contribution >= 0.6 is 0 Å². The first-order valence-corrected chi connectivity index (χ1v) is 7.41. The molecule has 1 aliphatic carbocycles. The average molecular weight is 261 g/mol. The molecule has 1 aromatic carbocycles. The molecule has 4 unspecified atom stereocenters. The van der Waals surface area contributed by atoms with Gasteiger partial charge < -0.3 is 10.0 Å². The third-order valence-corrected chi connectivity index (χ3v) is 5.05. The van der Waals surface area contributed by atoms with E-state index in [0.29, 0.717) is 23.8 Å². The molecule has 1 aliphatic rings. The second kappa shape index (κ2) is 6.06. The van der Waals surface area contributed by atoms with Gasteiger partial charge in [-0.1, -0.05) is 37.3 Å². The third-order valence-electron chi connectivity index (χ3n) is 5.05. The zero-order valence-electron chi connectivity index (χ0n) is 12.6. The van der Waals surface area contributed by atoms with Gasteiger partial charge in [0.1, 0.15) is 0 Å². The molecule has 0 spiro atoms. The fraction of sp³-hybridized carbons (Fsp3) is 0.647. The van der Waals surface area contributed by atoms with Crippen molar-refractivity contribution in [2.24, 2.45) is 17.8 Å². The Morgan fingerprint density at radius 2 is 1.79 bits per heavy atom. The quantitative estimate of drug-likeness (QED) is 0.898. The minimum atomic E-state index is -0.328. The van der Waals surface area contributed by atoms with Crippen LogP contribution in [0.5, 0.6) is 0 Å². The van der Waals surface area contributed by atoms with E-state index in [1.54, 1.807) is 0 Å². The van der Waals surface area contributed by atoms with Gasteiger partial charge in [-0.2, -0.15) is 0 Å². The number of hydrogen-bond donors (Lipinski definition) is 1. The lowest BCUT2D eigenvalue weighted by Gasteiger charge is -2.35. The number of benzene rings is 1. The van der Waals surface area contributed by atoms with Gasteiger partial charge in [-0.05, 0) is 57.2 Å². The van der Waals surface area contributed by atoms with Crippen molar-refractivity contribution < 1.29 is 5.11 Å². The molecule has 0 aromatic heterocycles. The van der Waals surface area contributed by atoms with Crippen LogP contribution in [0.2, 0.25) is 0 Å². The van der Waals surface area contributed by atoms with Gasteiger partial charge in [-0.15, -0.1) is 0 Å². The molecule has 1 saturated carbocycles. The maximum Gasteiger partial charge on any atom is 0.0823 e. The fourth-order valence-electron chi connectivity index (χ4n) is 3.63. The molecular formula is C17H27NO. The topological polar surface area (TPSA) is 23.5 Å². The summed E-state index contributed by atoms with van der Waals surface area (Å²) in [4.78, 5) is 2.29. The summed E-state index contributed by atoms with van der Waals surface area (Å²) in [5, 5.41) is 10.8. The van der Waals surface area contributed by atoms with Gasteiger partial charge in [0.15, 0.2) is 0 Å². The van der Waals surface area contributed by atoms with Crippen LogP contribution in [0.25, 0.3) is 0 Å². The van der Waals surface area contributed by atoms with E-state index in [-0.39, 0.29) is 6.10 Å². The van der Waals surface area contributed by atoms with E-state index in [4.69, 9.17) is 0 Å². The van der Waals surface area contributed by atoms with Crippen LogP contribution in [-0.4, -0.2) is 30.1 Å². The highest BCUT2D eigenvalue weighted by Crippen LogP contribution is 2.46. The Balaban J connectivity index is 2.20. The minimum Gasteiger partial charge on any atom is -0.388 e. The lowest BCUT2D eigenvalue weighted by molar-refractivity contribution is 0.0403. The van der Waals surface area contributed by atoms with E-state index in [1.807, 2.05) is 30.3 Å². The van der Waals surface area contributed by atoms with Crippen molar-refractivity contribution in [3.8, 4) is 0 Å². The lowest BCUT2D eigenvalue weighted by atomic mass is 9.79. The third kappa shape index (κ3) is 3.01. The molecule has 0 aliphatic heterocycles. The molecule has 2 nitrogen and oxygen atoms in total. The van der Waals surface area contributed by atoms with Crippen LogP contribution in [-0.2, 0) is 0 Å². The van der Waals surface area contributed by atoms with Gasteiger partial charge in [0.2, 0.25) is 0 Å². The first-order chi connectivity index (χ1) is 9.02. The SMILES string of the molecule is CC1CCC([C@@H](C)N(C)C)C1C(O)c1ccccc1. The van der Waals surface area contributed by atoms with Crippen molar-refractivity contribution in [1.29, 1.82) is 0 Å². The van der Waals surface area contributed by atoms with Crippen molar-refractivity contribution in [2.75, 3.05) is 14.1 Å². The summed E-state index contributed by atoms with van der Waals surface area (Å²) in [5.41, 5.74) is 1.07. The number of nitrogens with zero attached hydrogens (tertiary/aromatic N) is 1. The second-order valence-electron chi connectivity index (χ2n) is 6.36. The van der Waals surface area contributed by atoms with Crippen LogP contribution in [0.4, 0.5) is 0 Å².